The van der Waals surface area contributed by atoms with E-state index in [1.165, 1.54) is 0 Å². The van der Waals surface area contributed by atoms with Crippen LogP contribution in [0.1, 0.15) is 40.5 Å². The predicted molar refractivity (Wildman–Crippen MR) is 45.6 cm³/mol. The summed E-state index contributed by atoms with van der Waals surface area (Å²) in [5.74, 6) is 0.172. The first kappa shape index (κ1) is 10.6. The van der Waals surface area contributed by atoms with Crippen molar-refractivity contribution in [3.63, 3.8) is 0 Å². The number of hydrogen-bond acceptors (Lipinski definition) is 2. The van der Waals surface area contributed by atoms with Crippen LogP contribution >= 0.6 is 0 Å². The van der Waals surface area contributed by atoms with Crippen molar-refractivity contribution in [2.75, 3.05) is 6.61 Å². The number of ether oxygens (including phenoxy) is 1. The van der Waals surface area contributed by atoms with Gasteiger partial charge < -0.3 is 4.74 Å². The van der Waals surface area contributed by atoms with Crippen LogP contribution < -0.4 is 0 Å². The fraction of sp³-hybridized carbons (Fsp3) is 0.889. The largest absolute Gasteiger partial charge is 0.368 e. The number of ketones is 1. The third kappa shape index (κ3) is 3.51. The van der Waals surface area contributed by atoms with E-state index in [0.29, 0.717) is 13.0 Å². The Morgan fingerprint density at radius 2 is 1.91 bits per heavy atom. The number of carbonyl (C=O) groups excluding carboxylic acids is 1. The summed E-state index contributed by atoms with van der Waals surface area (Å²) in [4.78, 5) is 11.2. The molecule has 0 atom stereocenters. The molecule has 0 aliphatic carbocycles. The summed E-state index contributed by atoms with van der Waals surface area (Å²) in [6, 6.07) is 0. The molecule has 0 fully saturated rings. The van der Waals surface area contributed by atoms with E-state index in [2.05, 4.69) is 0 Å². The van der Waals surface area contributed by atoms with Crippen LogP contribution in [0.4, 0.5) is 0 Å². The molecular formula is C9H18O2. The van der Waals surface area contributed by atoms with Crippen LogP contribution in [0, 0.1) is 0 Å². The molecule has 0 aromatic rings. The summed E-state index contributed by atoms with van der Waals surface area (Å²) in [6.07, 6.45) is 1.51. The maximum absolute atomic E-state index is 11.2. The van der Waals surface area contributed by atoms with E-state index >= 15 is 0 Å². The molecule has 0 aromatic carbocycles. The van der Waals surface area contributed by atoms with Crippen molar-refractivity contribution in [2.45, 2.75) is 46.1 Å². The minimum absolute atomic E-state index is 0.172. The van der Waals surface area contributed by atoms with Crippen molar-refractivity contribution in [3.8, 4) is 0 Å². The molecule has 0 aliphatic heterocycles. The van der Waals surface area contributed by atoms with E-state index in [1.807, 2.05) is 27.7 Å². The minimum Gasteiger partial charge on any atom is -0.368 e. The SMILES string of the molecule is CCCOC(C)(C)C(=O)CC. The lowest BCUT2D eigenvalue weighted by molar-refractivity contribution is -0.140. The molecule has 0 aromatic heterocycles. The molecule has 0 saturated heterocycles. The molecule has 0 aliphatic rings. The average molecular weight is 158 g/mol. The van der Waals surface area contributed by atoms with Crippen LogP contribution in [-0.2, 0) is 9.53 Å². The van der Waals surface area contributed by atoms with Crippen LogP contribution in [0.2, 0.25) is 0 Å². The van der Waals surface area contributed by atoms with Crippen molar-refractivity contribution in [1.82, 2.24) is 0 Å². The Bertz CT molecular complexity index is 128. The van der Waals surface area contributed by atoms with Crippen molar-refractivity contribution < 1.29 is 9.53 Å². The molecule has 0 spiro atoms. The summed E-state index contributed by atoms with van der Waals surface area (Å²) >= 11 is 0. The van der Waals surface area contributed by atoms with E-state index in [9.17, 15) is 4.79 Å². The number of Topliss-reactive ketones (excluding diaryl/α,β-unsaturated/α-hetero) is 1. The molecule has 0 unspecified atom stereocenters. The third-order valence-corrected chi connectivity index (χ3v) is 1.66. The molecule has 0 rings (SSSR count). The zero-order chi connectivity index (χ0) is 8.91. The van der Waals surface area contributed by atoms with Gasteiger partial charge in [-0.3, -0.25) is 4.79 Å². The summed E-state index contributed by atoms with van der Waals surface area (Å²) in [5, 5.41) is 0. The molecule has 0 heterocycles. The lowest BCUT2D eigenvalue weighted by Crippen LogP contribution is -2.34. The van der Waals surface area contributed by atoms with Gasteiger partial charge in [-0.1, -0.05) is 13.8 Å². The van der Waals surface area contributed by atoms with Gasteiger partial charge in [0.15, 0.2) is 5.78 Å². The van der Waals surface area contributed by atoms with E-state index in [4.69, 9.17) is 4.74 Å². The number of rotatable bonds is 5. The highest BCUT2D eigenvalue weighted by atomic mass is 16.5. The molecule has 0 radical (unpaired) electrons. The second-order valence-corrected chi connectivity index (χ2v) is 3.14. The van der Waals surface area contributed by atoms with Gasteiger partial charge in [-0.05, 0) is 20.3 Å². The molecule has 66 valence electrons. The quantitative estimate of drug-likeness (QED) is 0.613. The predicted octanol–water partition coefficient (Wildman–Crippen LogP) is 2.17. The Labute approximate surface area is 68.9 Å². The molecule has 2 nitrogen and oxygen atoms in total. The van der Waals surface area contributed by atoms with Gasteiger partial charge in [0.05, 0.1) is 0 Å². The minimum atomic E-state index is -0.579. The van der Waals surface area contributed by atoms with Crippen molar-refractivity contribution in [1.29, 1.82) is 0 Å². The third-order valence-electron chi connectivity index (χ3n) is 1.66. The van der Waals surface area contributed by atoms with Crippen molar-refractivity contribution >= 4 is 5.78 Å². The van der Waals surface area contributed by atoms with Gasteiger partial charge in [-0.25, -0.2) is 0 Å². The van der Waals surface area contributed by atoms with Crippen LogP contribution in [0.25, 0.3) is 0 Å². The highest BCUT2D eigenvalue weighted by molar-refractivity contribution is 5.86. The molecule has 11 heavy (non-hydrogen) atoms. The fourth-order valence-electron chi connectivity index (χ4n) is 0.863. The van der Waals surface area contributed by atoms with Gasteiger partial charge in [-0.15, -0.1) is 0 Å². The second kappa shape index (κ2) is 4.50. The zero-order valence-electron chi connectivity index (χ0n) is 7.94. The Balaban J connectivity index is 3.88. The van der Waals surface area contributed by atoms with E-state index in [0.717, 1.165) is 6.42 Å². The molecule has 2 heteroatoms. The fourth-order valence-corrected chi connectivity index (χ4v) is 0.863. The van der Waals surface area contributed by atoms with E-state index < -0.39 is 5.60 Å². The highest BCUT2D eigenvalue weighted by Crippen LogP contribution is 2.12. The van der Waals surface area contributed by atoms with Gasteiger partial charge >= 0.3 is 0 Å². The standard InChI is InChI=1S/C9H18O2/c1-5-7-11-9(3,4)8(10)6-2/h5-7H2,1-4H3. The molecule has 0 amide bonds. The Morgan fingerprint density at radius 1 is 1.36 bits per heavy atom. The first-order valence-corrected chi connectivity index (χ1v) is 4.21. The van der Waals surface area contributed by atoms with Gasteiger partial charge in [0.25, 0.3) is 0 Å². The summed E-state index contributed by atoms with van der Waals surface area (Å²) in [5.41, 5.74) is -0.579. The van der Waals surface area contributed by atoms with Crippen LogP contribution in [0.5, 0.6) is 0 Å². The van der Waals surface area contributed by atoms with Crippen molar-refractivity contribution in [3.05, 3.63) is 0 Å². The summed E-state index contributed by atoms with van der Waals surface area (Å²) in [7, 11) is 0. The molecule has 0 N–H and O–H groups in total. The Kier molecular flexibility index (Phi) is 4.34. The van der Waals surface area contributed by atoms with Gasteiger partial charge in [-0.2, -0.15) is 0 Å². The van der Waals surface area contributed by atoms with E-state index in [1.54, 1.807) is 0 Å². The second-order valence-electron chi connectivity index (χ2n) is 3.14. The van der Waals surface area contributed by atoms with Crippen LogP contribution in [-0.4, -0.2) is 18.0 Å². The zero-order valence-corrected chi connectivity index (χ0v) is 7.94. The van der Waals surface area contributed by atoms with Gasteiger partial charge in [0.1, 0.15) is 5.60 Å². The maximum Gasteiger partial charge on any atom is 0.163 e. The smallest absolute Gasteiger partial charge is 0.163 e. The first-order valence-electron chi connectivity index (χ1n) is 4.21. The van der Waals surface area contributed by atoms with Crippen LogP contribution in [0.3, 0.4) is 0 Å². The van der Waals surface area contributed by atoms with Gasteiger partial charge in [0.2, 0.25) is 0 Å². The van der Waals surface area contributed by atoms with Crippen LogP contribution in [0.15, 0.2) is 0 Å². The molecule has 0 bridgehead atoms. The molecular weight excluding hydrogens is 140 g/mol. The van der Waals surface area contributed by atoms with E-state index in [-0.39, 0.29) is 5.78 Å². The Morgan fingerprint density at radius 3 is 2.27 bits per heavy atom. The summed E-state index contributed by atoms with van der Waals surface area (Å²) in [6.45, 7) is 8.22. The Hall–Kier alpha value is -0.370. The maximum atomic E-state index is 11.2. The summed E-state index contributed by atoms with van der Waals surface area (Å²) < 4.78 is 5.38. The van der Waals surface area contributed by atoms with Crippen molar-refractivity contribution in [2.24, 2.45) is 0 Å². The first-order chi connectivity index (χ1) is 5.04. The lowest BCUT2D eigenvalue weighted by atomic mass is 10.0. The van der Waals surface area contributed by atoms with Gasteiger partial charge in [0, 0.05) is 13.0 Å². The topological polar surface area (TPSA) is 26.3 Å². The molecule has 0 saturated carbocycles. The average Bonchev–Trinajstić information content (AvgIpc) is 1.99. The number of hydrogen-bond donors (Lipinski definition) is 0. The monoisotopic (exact) mass is 158 g/mol. The lowest BCUT2D eigenvalue weighted by Gasteiger charge is -2.22. The highest BCUT2D eigenvalue weighted by Gasteiger charge is 2.25. The normalized spacial score (nSPS) is 11.6. The number of carbonyl (C=O) groups is 1.